The number of amides is 2. The van der Waals surface area contributed by atoms with Crippen LogP contribution in [0, 0.1) is 11.6 Å². The Hall–Kier alpha value is -2.85. The summed E-state index contributed by atoms with van der Waals surface area (Å²) in [6, 6.07) is 9.03. The maximum atomic E-state index is 14.0. The summed E-state index contributed by atoms with van der Waals surface area (Å²) in [5, 5.41) is 2.57. The molecule has 7 nitrogen and oxygen atoms in total. The SMILES string of the molecule is O=C1C[C@@H](C(=O)N2CCN(S(=O)(=O)c3ccccc3F)CC2)c2ccc(F)cc2N1. The van der Waals surface area contributed by atoms with Crippen LogP contribution in [0.25, 0.3) is 0 Å². The summed E-state index contributed by atoms with van der Waals surface area (Å²) in [6.45, 7) is 0.248. The Morgan fingerprint density at radius 2 is 1.73 bits per heavy atom. The van der Waals surface area contributed by atoms with Gasteiger partial charge in [0.05, 0.1) is 5.92 Å². The number of benzene rings is 2. The number of halogens is 2. The number of fused-ring (bicyclic) bond motifs is 1. The van der Waals surface area contributed by atoms with Gasteiger partial charge < -0.3 is 10.2 Å². The predicted octanol–water partition coefficient (Wildman–Crippen LogP) is 1.92. The lowest BCUT2D eigenvalue weighted by atomic mass is 9.89. The van der Waals surface area contributed by atoms with Crippen LogP contribution in [0.3, 0.4) is 0 Å². The molecule has 2 aliphatic heterocycles. The van der Waals surface area contributed by atoms with Crippen LogP contribution < -0.4 is 5.32 Å². The van der Waals surface area contributed by atoms with Gasteiger partial charge in [-0.1, -0.05) is 18.2 Å². The molecule has 1 N–H and O–H groups in total. The molecule has 158 valence electrons. The maximum Gasteiger partial charge on any atom is 0.246 e. The summed E-state index contributed by atoms with van der Waals surface area (Å²) in [4.78, 5) is 26.1. The molecule has 4 rings (SSSR count). The topological polar surface area (TPSA) is 86.8 Å². The molecule has 0 aliphatic carbocycles. The molecule has 2 aromatic carbocycles. The Morgan fingerprint density at radius 1 is 1.03 bits per heavy atom. The molecule has 0 saturated carbocycles. The zero-order valence-electron chi connectivity index (χ0n) is 15.8. The van der Waals surface area contributed by atoms with Gasteiger partial charge >= 0.3 is 0 Å². The molecule has 0 unspecified atom stereocenters. The summed E-state index contributed by atoms with van der Waals surface area (Å²) >= 11 is 0. The molecule has 0 spiro atoms. The Kier molecular flexibility index (Phi) is 5.29. The van der Waals surface area contributed by atoms with Crippen molar-refractivity contribution in [3.63, 3.8) is 0 Å². The van der Waals surface area contributed by atoms with Gasteiger partial charge in [0.25, 0.3) is 0 Å². The highest BCUT2D eigenvalue weighted by Crippen LogP contribution is 2.34. The van der Waals surface area contributed by atoms with E-state index in [0.717, 1.165) is 10.4 Å². The number of anilines is 1. The van der Waals surface area contributed by atoms with Crippen LogP contribution in [0.15, 0.2) is 47.4 Å². The van der Waals surface area contributed by atoms with E-state index in [9.17, 15) is 26.8 Å². The zero-order chi connectivity index (χ0) is 21.5. The summed E-state index contributed by atoms with van der Waals surface area (Å²) in [5.74, 6) is -2.81. The van der Waals surface area contributed by atoms with Gasteiger partial charge in [0.15, 0.2) is 0 Å². The van der Waals surface area contributed by atoms with Gasteiger partial charge in [0.2, 0.25) is 21.8 Å². The van der Waals surface area contributed by atoms with E-state index in [1.165, 1.54) is 41.3 Å². The normalized spacial score (nSPS) is 19.9. The molecule has 2 amide bonds. The van der Waals surface area contributed by atoms with Crippen molar-refractivity contribution in [1.82, 2.24) is 9.21 Å². The van der Waals surface area contributed by atoms with E-state index < -0.39 is 32.5 Å². The first kappa shape index (κ1) is 20.4. The van der Waals surface area contributed by atoms with Crippen LogP contribution in [0.5, 0.6) is 0 Å². The van der Waals surface area contributed by atoms with Gasteiger partial charge in [-0.3, -0.25) is 9.59 Å². The van der Waals surface area contributed by atoms with Gasteiger partial charge in [0.1, 0.15) is 16.5 Å². The standard InChI is InChI=1S/C20H19F2N3O4S/c21-13-5-6-14-15(12-19(26)23-17(14)11-13)20(27)24-7-9-25(10-8-24)30(28,29)18-4-2-1-3-16(18)22/h1-6,11,15H,7-10,12H2,(H,23,26)/t15-/m1/s1. The number of carbonyl (C=O) groups excluding carboxylic acids is 2. The van der Waals surface area contributed by atoms with Crippen molar-refractivity contribution >= 4 is 27.5 Å². The van der Waals surface area contributed by atoms with E-state index in [0.29, 0.717) is 5.56 Å². The minimum atomic E-state index is -4.01. The van der Waals surface area contributed by atoms with E-state index in [-0.39, 0.29) is 50.1 Å². The van der Waals surface area contributed by atoms with Crippen molar-refractivity contribution in [2.75, 3.05) is 31.5 Å². The Bertz CT molecular complexity index is 1110. The number of carbonyl (C=O) groups is 2. The van der Waals surface area contributed by atoms with Gasteiger partial charge in [-0.15, -0.1) is 0 Å². The van der Waals surface area contributed by atoms with Crippen LogP contribution in [0.2, 0.25) is 0 Å². The molecule has 0 radical (unpaired) electrons. The fourth-order valence-electron chi connectivity index (χ4n) is 3.82. The van der Waals surface area contributed by atoms with Crippen LogP contribution in [0.1, 0.15) is 17.9 Å². The van der Waals surface area contributed by atoms with Crippen LogP contribution in [-0.4, -0.2) is 55.6 Å². The molecular formula is C20H19F2N3O4S. The van der Waals surface area contributed by atoms with Gasteiger partial charge in [-0.2, -0.15) is 4.31 Å². The fourth-order valence-corrected chi connectivity index (χ4v) is 5.31. The second kappa shape index (κ2) is 7.77. The second-order valence-corrected chi connectivity index (χ2v) is 9.10. The lowest BCUT2D eigenvalue weighted by Gasteiger charge is -2.36. The number of nitrogens with zero attached hydrogens (tertiary/aromatic N) is 2. The third-order valence-electron chi connectivity index (χ3n) is 5.36. The molecule has 1 saturated heterocycles. The number of sulfonamides is 1. The minimum absolute atomic E-state index is 0.0115. The highest BCUT2D eigenvalue weighted by Gasteiger charge is 2.37. The van der Waals surface area contributed by atoms with Crippen molar-refractivity contribution in [1.29, 1.82) is 0 Å². The van der Waals surface area contributed by atoms with Crippen LogP contribution in [0.4, 0.5) is 14.5 Å². The molecule has 30 heavy (non-hydrogen) atoms. The zero-order valence-corrected chi connectivity index (χ0v) is 16.7. The van der Waals surface area contributed by atoms with Crippen LogP contribution in [-0.2, 0) is 19.6 Å². The summed E-state index contributed by atoms with van der Waals surface area (Å²) in [7, 11) is -4.01. The predicted molar refractivity (Wildman–Crippen MR) is 104 cm³/mol. The van der Waals surface area contributed by atoms with Crippen molar-refractivity contribution in [3.8, 4) is 0 Å². The molecule has 1 fully saturated rings. The average molecular weight is 435 g/mol. The first-order valence-corrected chi connectivity index (χ1v) is 10.8. The van der Waals surface area contributed by atoms with Crippen molar-refractivity contribution in [2.45, 2.75) is 17.2 Å². The molecule has 2 aliphatic rings. The van der Waals surface area contributed by atoms with E-state index in [1.807, 2.05) is 0 Å². The van der Waals surface area contributed by atoms with E-state index in [1.54, 1.807) is 0 Å². The average Bonchev–Trinajstić information content (AvgIpc) is 2.72. The van der Waals surface area contributed by atoms with Gasteiger partial charge in [-0.25, -0.2) is 17.2 Å². The quantitative estimate of drug-likeness (QED) is 0.798. The lowest BCUT2D eigenvalue weighted by molar-refractivity contribution is -0.136. The summed E-state index contributed by atoms with van der Waals surface area (Å²) in [5.41, 5.74) is 0.799. The number of hydrogen-bond donors (Lipinski definition) is 1. The third kappa shape index (κ3) is 3.68. The molecule has 2 heterocycles. The van der Waals surface area contributed by atoms with E-state index in [4.69, 9.17) is 0 Å². The lowest BCUT2D eigenvalue weighted by Crippen LogP contribution is -2.52. The number of nitrogens with one attached hydrogen (secondary N) is 1. The smallest absolute Gasteiger partial charge is 0.246 e. The van der Waals surface area contributed by atoms with Crippen molar-refractivity contribution < 1.29 is 26.8 Å². The molecule has 0 aromatic heterocycles. The Morgan fingerprint density at radius 3 is 2.43 bits per heavy atom. The molecule has 1 atom stereocenters. The van der Waals surface area contributed by atoms with Crippen molar-refractivity contribution in [3.05, 3.63) is 59.7 Å². The largest absolute Gasteiger partial charge is 0.340 e. The number of hydrogen-bond acceptors (Lipinski definition) is 4. The van der Waals surface area contributed by atoms with Crippen LogP contribution >= 0.6 is 0 Å². The van der Waals surface area contributed by atoms with Gasteiger partial charge in [-0.05, 0) is 29.8 Å². The number of piperazine rings is 1. The summed E-state index contributed by atoms with van der Waals surface area (Å²) < 4.78 is 54.0. The first-order valence-electron chi connectivity index (χ1n) is 9.40. The van der Waals surface area contributed by atoms with Crippen molar-refractivity contribution in [2.24, 2.45) is 0 Å². The molecule has 0 bridgehead atoms. The fraction of sp³-hybridized carbons (Fsp3) is 0.300. The highest BCUT2D eigenvalue weighted by atomic mass is 32.2. The molecular weight excluding hydrogens is 416 g/mol. The highest BCUT2D eigenvalue weighted by molar-refractivity contribution is 7.89. The minimum Gasteiger partial charge on any atom is -0.340 e. The second-order valence-electron chi connectivity index (χ2n) is 7.20. The first-order chi connectivity index (χ1) is 14.3. The van der Waals surface area contributed by atoms with E-state index in [2.05, 4.69) is 5.32 Å². The molecule has 2 aromatic rings. The van der Waals surface area contributed by atoms with E-state index >= 15 is 0 Å². The summed E-state index contributed by atoms with van der Waals surface area (Å²) in [6.07, 6.45) is -0.0643. The molecule has 10 heteroatoms. The van der Waals surface area contributed by atoms with Gasteiger partial charge in [0, 0.05) is 38.3 Å². The number of rotatable bonds is 3. The Balaban J connectivity index is 1.49. The third-order valence-corrected chi connectivity index (χ3v) is 7.29. The maximum absolute atomic E-state index is 14.0. The Labute approximate surface area is 172 Å². The monoisotopic (exact) mass is 435 g/mol.